The fourth-order valence-electron chi connectivity index (χ4n) is 2.55. The van der Waals surface area contributed by atoms with Gasteiger partial charge in [-0.05, 0) is 65.4 Å². The van der Waals surface area contributed by atoms with E-state index in [1.807, 2.05) is 25.1 Å². The molecule has 7 heteroatoms. The minimum Gasteiger partial charge on any atom is -0.495 e. The van der Waals surface area contributed by atoms with Gasteiger partial charge in [-0.15, -0.1) is 0 Å². The maximum atomic E-state index is 12.8. The highest BCUT2D eigenvalue weighted by Crippen LogP contribution is 2.35. The van der Waals surface area contributed by atoms with Crippen molar-refractivity contribution in [2.75, 3.05) is 17.3 Å². The molecule has 0 radical (unpaired) electrons. The SMILES string of the molecule is COc1ccccc1N1C(=O)C(Cl)=C(Nc2ccc(I)cc2C)C1=O. The van der Waals surface area contributed by atoms with Crippen molar-refractivity contribution in [3.63, 3.8) is 0 Å². The molecule has 0 saturated carbocycles. The van der Waals surface area contributed by atoms with E-state index in [2.05, 4.69) is 27.9 Å². The first-order valence-corrected chi connectivity index (χ1v) is 8.84. The van der Waals surface area contributed by atoms with Crippen molar-refractivity contribution in [2.24, 2.45) is 0 Å². The number of ether oxygens (including phenoxy) is 1. The second-order valence-corrected chi connectivity index (χ2v) is 7.01. The number of halogens is 2. The second-order valence-electron chi connectivity index (χ2n) is 5.39. The average molecular weight is 469 g/mol. The summed E-state index contributed by atoms with van der Waals surface area (Å²) in [6, 6.07) is 12.5. The molecule has 2 aromatic rings. The summed E-state index contributed by atoms with van der Waals surface area (Å²) in [6.45, 7) is 1.91. The van der Waals surface area contributed by atoms with Crippen molar-refractivity contribution in [3.05, 3.63) is 62.3 Å². The summed E-state index contributed by atoms with van der Waals surface area (Å²) in [7, 11) is 1.48. The van der Waals surface area contributed by atoms with Crippen LogP contribution in [0.15, 0.2) is 53.2 Å². The number of imide groups is 1. The van der Waals surface area contributed by atoms with Crippen LogP contribution in [0.25, 0.3) is 0 Å². The monoisotopic (exact) mass is 468 g/mol. The number of rotatable bonds is 4. The lowest BCUT2D eigenvalue weighted by Gasteiger charge is -2.18. The number of carbonyl (C=O) groups is 2. The number of anilines is 2. The zero-order valence-electron chi connectivity index (χ0n) is 13.5. The lowest BCUT2D eigenvalue weighted by atomic mass is 10.2. The Morgan fingerprint density at radius 3 is 2.52 bits per heavy atom. The molecule has 0 aromatic heterocycles. The predicted octanol–water partition coefficient (Wildman–Crippen LogP) is 4.04. The molecular formula is C18H14ClIN2O3. The van der Waals surface area contributed by atoms with Gasteiger partial charge >= 0.3 is 0 Å². The molecule has 2 amide bonds. The Kier molecular flexibility index (Phi) is 5.01. The average Bonchev–Trinajstić information content (AvgIpc) is 2.80. The Morgan fingerprint density at radius 1 is 1.12 bits per heavy atom. The fourth-order valence-corrected chi connectivity index (χ4v) is 3.41. The summed E-state index contributed by atoms with van der Waals surface area (Å²) < 4.78 is 6.32. The van der Waals surface area contributed by atoms with Crippen molar-refractivity contribution < 1.29 is 14.3 Å². The van der Waals surface area contributed by atoms with Crippen LogP contribution in [0, 0.1) is 10.5 Å². The molecule has 5 nitrogen and oxygen atoms in total. The summed E-state index contributed by atoms with van der Waals surface area (Å²) in [5.74, 6) is -0.681. The summed E-state index contributed by atoms with van der Waals surface area (Å²) in [4.78, 5) is 26.4. The lowest BCUT2D eigenvalue weighted by Crippen LogP contribution is -2.32. The van der Waals surface area contributed by atoms with Gasteiger partial charge in [-0.3, -0.25) is 9.59 Å². The van der Waals surface area contributed by atoms with E-state index in [4.69, 9.17) is 16.3 Å². The molecule has 0 bridgehead atoms. The topological polar surface area (TPSA) is 58.6 Å². The number of para-hydroxylation sites is 2. The molecule has 1 aliphatic rings. The van der Waals surface area contributed by atoms with Gasteiger partial charge in [0.05, 0.1) is 12.8 Å². The van der Waals surface area contributed by atoms with Crippen LogP contribution in [0.3, 0.4) is 0 Å². The van der Waals surface area contributed by atoms with E-state index in [0.717, 1.165) is 19.7 Å². The molecule has 1 N–H and O–H groups in total. The molecule has 0 aliphatic carbocycles. The van der Waals surface area contributed by atoms with Crippen LogP contribution >= 0.6 is 34.2 Å². The molecule has 2 aromatic carbocycles. The third-order valence-corrected chi connectivity index (χ3v) is 4.82. The Balaban J connectivity index is 1.97. The van der Waals surface area contributed by atoms with Crippen molar-refractivity contribution in [1.82, 2.24) is 0 Å². The molecule has 0 unspecified atom stereocenters. The molecular weight excluding hydrogens is 455 g/mol. The smallest absolute Gasteiger partial charge is 0.283 e. The van der Waals surface area contributed by atoms with Gasteiger partial charge in [-0.25, -0.2) is 4.90 Å². The van der Waals surface area contributed by atoms with Crippen LogP contribution in [0.1, 0.15) is 5.56 Å². The van der Waals surface area contributed by atoms with E-state index in [9.17, 15) is 9.59 Å². The molecule has 0 fully saturated rings. The van der Waals surface area contributed by atoms with Crippen LogP contribution in [-0.2, 0) is 9.59 Å². The number of amides is 2. The normalized spacial score (nSPS) is 14.3. The van der Waals surface area contributed by atoms with Crippen LogP contribution in [0.2, 0.25) is 0 Å². The quantitative estimate of drug-likeness (QED) is 0.543. The first-order valence-electron chi connectivity index (χ1n) is 7.38. The summed E-state index contributed by atoms with van der Waals surface area (Å²) in [6.07, 6.45) is 0. The number of benzene rings is 2. The number of methoxy groups -OCH3 is 1. The molecule has 0 atom stereocenters. The largest absolute Gasteiger partial charge is 0.495 e. The van der Waals surface area contributed by atoms with Crippen LogP contribution in [0.5, 0.6) is 5.75 Å². The van der Waals surface area contributed by atoms with Crippen LogP contribution in [0.4, 0.5) is 11.4 Å². The number of aryl methyl sites for hydroxylation is 1. The zero-order chi connectivity index (χ0) is 18.1. The second kappa shape index (κ2) is 7.05. The number of nitrogens with one attached hydrogen (secondary N) is 1. The highest BCUT2D eigenvalue weighted by molar-refractivity contribution is 14.1. The Morgan fingerprint density at radius 2 is 1.84 bits per heavy atom. The minimum atomic E-state index is -0.582. The van der Waals surface area contributed by atoms with Gasteiger partial charge in [0.2, 0.25) is 0 Å². The molecule has 1 heterocycles. The van der Waals surface area contributed by atoms with E-state index < -0.39 is 11.8 Å². The van der Waals surface area contributed by atoms with Crippen molar-refractivity contribution in [2.45, 2.75) is 6.92 Å². The number of carbonyl (C=O) groups excluding carboxylic acids is 2. The zero-order valence-corrected chi connectivity index (χ0v) is 16.4. The molecule has 128 valence electrons. The van der Waals surface area contributed by atoms with Crippen molar-refractivity contribution in [3.8, 4) is 5.75 Å². The number of hydrogen-bond acceptors (Lipinski definition) is 4. The third kappa shape index (κ3) is 3.23. The first-order chi connectivity index (χ1) is 11.9. The Bertz CT molecular complexity index is 911. The summed E-state index contributed by atoms with van der Waals surface area (Å²) in [5.41, 5.74) is 2.08. The van der Waals surface area contributed by atoms with Crippen LogP contribution in [-0.4, -0.2) is 18.9 Å². The third-order valence-electron chi connectivity index (χ3n) is 3.80. The predicted molar refractivity (Wildman–Crippen MR) is 106 cm³/mol. The number of nitrogens with zero attached hydrogens (tertiary/aromatic N) is 1. The maximum Gasteiger partial charge on any atom is 0.283 e. The summed E-state index contributed by atoms with van der Waals surface area (Å²) in [5, 5.41) is 2.85. The van der Waals surface area contributed by atoms with Gasteiger partial charge in [0.25, 0.3) is 11.8 Å². The highest BCUT2D eigenvalue weighted by Gasteiger charge is 2.40. The standard InChI is InChI=1S/C18H14ClIN2O3/c1-10-9-11(20)7-8-12(10)21-16-15(19)17(23)22(18(16)24)13-5-3-4-6-14(13)25-2/h3-9,21H,1-2H3. The van der Waals surface area contributed by atoms with Gasteiger partial charge in [0.1, 0.15) is 16.5 Å². The van der Waals surface area contributed by atoms with E-state index in [1.165, 1.54) is 7.11 Å². The Labute approximate surface area is 163 Å². The minimum absolute atomic E-state index is 0.0573. The van der Waals surface area contributed by atoms with Gasteiger partial charge < -0.3 is 10.1 Å². The lowest BCUT2D eigenvalue weighted by molar-refractivity contribution is -0.120. The summed E-state index contributed by atoms with van der Waals surface area (Å²) >= 11 is 8.37. The van der Waals surface area contributed by atoms with Gasteiger partial charge in [0, 0.05) is 9.26 Å². The maximum absolute atomic E-state index is 12.8. The molecule has 0 saturated heterocycles. The molecule has 1 aliphatic heterocycles. The molecule has 0 spiro atoms. The molecule has 3 rings (SSSR count). The van der Waals surface area contributed by atoms with Gasteiger partial charge in [-0.1, -0.05) is 23.7 Å². The van der Waals surface area contributed by atoms with Crippen LogP contribution < -0.4 is 15.0 Å². The van der Waals surface area contributed by atoms with Crippen molar-refractivity contribution >= 4 is 57.4 Å². The van der Waals surface area contributed by atoms with Gasteiger partial charge in [-0.2, -0.15) is 0 Å². The fraction of sp³-hybridized carbons (Fsp3) is 0.111. The highest BCUT2D eigenvalue weighted by atomic mass is 127. The van der Waals surface area contributed by atoms with E-state index >= 15 is 0 Å². The van der Waals surface area contributed by atoms with E-state index in [1.54, 1.807) is 24.3 Å². The van der Waals surface area contributed by atoms with E-state index in [0.29, 0.717) is 11.4 Å². The molecule has 25 heavy (non-hydrogen) atoms. The van der Waals surface area contributed by atoms with Crippen molar-refractivity contribution in [1.29, 1.82) is 0 Å². The van der Waals surface area contributed by atoms with Gasteiger partial charge in [0.15, 0.2) is 0 Å². The van der Waals surface area contributed by atoms with E-state index in [-0.39, 0.29) is 10.7 Å². The number of hydrogen-bond donors (Lipinski definition) is 1. The Hall–Kier alpha value is -2.06. The first kappa shape index (κ1) is 17.8.